The molecule has 0 aliphatic heterocycles. The summed E-state index contributed by atoms with van der Waals surface area (Å²) in [5.74, 6) is 1.02. The van der Waals surface area contributed by atoms with Crippen LogP contribution in [0.2, 0.25) is 0 Å². The number of benzene rings is 2. The van der Waals surface area contributed by atoms with Crippen LogP contribution in [0.5, 0.6) is 0 Å². The van der Waals surface area contributed by atoms with Gasteiger partial charge in [-0.3, -0.25) is 4.79 Å². The maximum atomic E-state index is 12.5. The van der Waals surface area contributed by atoms with E-state index in [-0.39, 0.29) is 11.9 Å². The van der Waals surface area contributed by atoms with E-state index in [4.69, 9.17) is 4.98 Å². The van der Waals surface area contributed by atoms with Gasteiger partial charge < -0.3 is 9.88 Å². The van der Waals surface area contributed by atoms with Crippen molar-refractivity contribution in [3.63, 3.8) is 0 Å². The third-order valence-electron chi connectivity index (χ3n) is 5.17. The van der Waals surface area contributed by atoms with Gasteiger partial charge in [0.15, 0.2) is 0 Å². The number of carbonyl (C=O) groups is 1. The number of nitrogens with zero attached hydrogens (tertiary/aromatic N) is 2. The van der Waals surface area contributed by atoms with Crippen LogP contribution in [0.4, 0.5) is 0 Å². The van der Waals surface area contributed by atoms with Gasteiger partial charge in [0.25, 0.3) is 0 Å². The standard InChI is InChI=1S/C24H31N3O/c1-3-4-5-11-18-27-22-15-10-9-14-21(22)26-24(27)19(2)25-23(28)17-16-20-12-7-6-8-13-20/h6-10,12-15,19H,3-5,11,16-18H2,1-2H3,(H,25,28). The van der Waals surface area contributed by atoms with Gasteiger partial charge in [-0.1, -0.05) is 68.7 Å². The minimum absolute atomic E-state index is 0.0703. The first kappa shape index (κ1) is 20.1. The van der Waals surface area contributed by atoms with Gasteiger partial charge in [-0.25, -0.2) is 4.98 Å². The number of imidazole rings is 1. The predicted octanol–water partition coefficient (Wildman–Crippen LogP) is 5.43. The normalized spacial score (nSPS) is 12.2. The lowest BCUT2D eigenvalue weighted by Gasteiger charge is -2.16. The average Bonchev–Trinajstić information content (AvgIpc) is 3.09. The molecule has 0 aliphatic carbocycles. The first-order chi connectivity index (χ1) is 13.7. The molecule has 148 valence electrons. The molecule has 0 saturated heterocycles. The summed E-state index contributed by atoms with van der Waals surface area (Å²) in [5.41, 5.74) is 3.34. The third-order valence-corrected chi connectivity index (χ3v) is 5.17. The molecule has 1 amide bonds. The predicted molar refractivity (Wildman–Crippen MR) is 115 cm³/mol. The number of aromatic nitrogens is 2. The number of carbonyl (C=O) groups excluding carboxylic acids is 1. The number of amides is 1. The molecular weight excluding hydrogens is 346 g/mol. The number of hydrogen-bond donors (Lipinski definition) is 1. The molecule has 0 fully saturated rings. The lowest BCUT2D eigenvalue weighted by atomic mass is 10.1. The van der Waals surface area contributed by atoms with Gasteiger partial charge in [-0.15, -0.1) is 0 Å². The second kappa shape index (κ2) is 10.1. The maximum Gasteiger partial charge on any atom is 0.220 e. The second-order valence-electron chi connectivity index (χ2n) is 7.45. The van der Waals surface area contributed by atoms with E-state index in [1.807, 2.05) is 37.3 Å². The van der Waals surface area contributed by atoms with Gasteiger partial charge in [0.05, 0.1) is 17.1 Å². The van der Waals surface area contributed by atoms with E-state index in [2.05, 4.69) is 41.1 Å². The van der Waals surface area contributed by atoms with E-state index in [1.165, 1.54) is 24.8 Å². The van der Waals surface area contributed by atoms with Crippen LogP contribution in [0, 0.1) is 0 Å². The number of para-hydroxylation sites is 2. The Morgan fingerprint density at radius 3 is 2.57 bits per heavy atom. The number of hydrogen-bond acceptors (Lipinski definition) is 2. The summed E-state index contributed by atoms with van der Waals surface area (Å²) in [5, 5.41) is 3.15. The molecule has 0 spiro atoms. The number of aryl methyl sites for hydroxylation is 2. The highest BCUT2D eigenvalue weighted by molar-refractivity contribution is 5.78. The summed E-state index contributed by atoms with van der Waals surface area (Å²) < 4.78 is 2.28. The summed E-state index contributed by atoms with van der Waals surface area (Å²) >= 11 is 0. The molecule has 1 atom stereocenters. The highest BCUT2D eigenvalue weighted by Gasteiger charge is 2.18. The first-order valence-electron chi connectivity index (χ1n) is 10.5. The number of rotatable bonds is 10. The Bertz CT molecular complexity index is 885. The Morgan fingerprint density at radius 1 is 1.04 bits per heavy atom. The molecule has 1 heterocycles. The van der Waals surface area contributed by atoms with Gasteiger partial charge >= 0.3 is 0 Å². The molecule has 4 heteroatoms. The third kappa shape index (κ3) is 5.22. The molecule has 1 N–H and O–H groups in total. The smallest absolute Gasteiger partial charge is 0.220 e. The van der Waals surface area contributed by atoms with Crippen LogP contribution in [0.1, 0.15) is 63.4 Å². The zero-order valence-electron chi connectivity index (χ0n) is 17.0. The van der Waals surface area contributed by atoms with E-state index in [0.717, 1.165) is 36.2 Å². The molecule has 28 heavy (non-hydrogen) atoms. The first-order valence-corrected chi connectivity index (χ1v) is 10.5. The van der Waals surface area contributed by atoms with Crippen molar-refractivity contribution in [2.45, 2.75) is 65.0 Å². The van der Waals surface area contributed by atoms with Crippen LogP contribution in [0.25, 0.3) is 11.0 Å². The van der Waals surface area contributed by atoms with Crippen molar-refractivity contribution < 1.29 is 4.79 Å². The van der Waals surface area contributed by atoms with E-state index >= 15 is 0 Å². The lowest BCUT2D eigenvalue weighted by molar-refractivity contribution is -0.121. The quantitative estimate of drug-likeness (QED) is 0.479. The number of nitrogens with one attached hydrogen (secondary N) is 1. The Hall–Kier alpha value is -2.62. The van der Waals surface area contributed by atoms with Gasteiger partial charge in [-0.05, 0) is 37.5 Å². The molecular formula is C24H31N3O. The molecule has 3 rings (SSSR count). The van der Waals surface area contributed by atoms with E-state index in [0.29, 0.717) is 6.42 Å². The van der Waals surface area contributed by atoms with Gasteiger partial charge in [0.2, 0.25) is 5.91 Å². The summed E-state index contributed by atoms with van der Waals surface area (Å²) in [7, 11) is 0. The molecule has 1 aromatic heterocycles. The van der Waals surface area contributed by atoms with Crippen LogP contribution in [-0.4, -0.2) is 15.5 Å². The number of unbranched alkanes of at least 4 members (excludes halogenated alkanes) is 3. The molecule has 3 aromatic rings. The van der Waals surface area contributed by atoms with E-state index in [9.17, 15) is 4.79 Å². The molecule has 0 aliphatic rings. The molecule has 0 saturated carbocycles. The SMILES string of the molecule is CCCCCCn1c(C(C)NC(=O)CCc2ccccc2)nc2ccccc21. The topological polar surface area (TPSA) is 46.9 Å². The number of fused-ring (bicyclic) bond motifs is 1. The van der Waals surface area contributed by atoms with Crippen molar-refractivity contribution in [2.24, 2.45) is 0 Å². The zero-order valence-corrected chi connectivity index (χ0v) is 17.0. The average molecular weight is 378 g/mol. The summed E-state index contributed by atoms with van der Waals surface area (Å²) in [6.07, 6.45) is 6.09. The van der Waals surface area contributed by atoms with Crippen molar-refractivity contribution in [3.8, 4) is 0 Å². The Labute approximate surface area is 168 Å². The van der Waals surface area contributed by atoms with Crippen LogP contribution in [0.15, 0.2) is 54.6 Å². The largest absolute Gasteiger partial charge is 0.346 e. The fourth-order valence-electron chi connectivity index (χ4n) is 3.64. The maximum absolute atomic E-state index is 12.5. The molecule has 0 radical (unpaired) electrons. The monoisotopic (exact) mass is 377 g/mol. The molecule has 0 bridgehead atoms. The summed E-state index contributed by atoms with van der Waals surface area (Å²) in [4.78, 5) is 17.3. The molecule has 4 nitrogen and oxygen atoms in total. The van der Waals surface area contributed by atoms with Crippen LogP contribution >= 0.6 is 0 Å². The van der Waals surface area contributed by atoms with Crippen LogP contribution < -0.4 is 5.32 Å². The van der Waals surface area contributed by atoms with Crippen molar-refractivity contribution in [2.75, 3.05) is 0 Å². The van der Waals surface area contributed by atoms with Gasteiger partial charge in [0.1, 0.15) is 5.82 Å². The van der Waals surface area contributed by atoms with Gasteiger partial charge in [-0.2, -0.15) is 0 Å². The van der Waals surface area contributed by atoms with E-state index in [1.54, 1.807) is 0 Å². The Kier molecular flexibility index (Phi) is 7.24. The minimum Gasteiger partial charge on any atom is -0.346 e. The highest BCUT2D eigenvalue weighted by Crippen LogP contribution is 2.22. The second-order valence-corrected chi connectivity index (χ2v) is 7.45. The molecule has 1 unspecified atom stereocenters. The van der Waals surface area contributed by atoms with Crippen molar-refractivity contribution >= 4 is 16.9 Å². The molecule has 2 aromatic carbocycles. The van der Waals surface area contributed by atoms with Crippen LogP contribution in [-0.2, 0) is 17.8 Å². The Balaban J connectivity index is 1.67. The Morgan fingerprint density at radius 2 is 1.79 bits per heavy atom. The van der Waals surface area contributed by atoms with Crippen molar-refractivity contribution in [1.29, 1.82) is 0 Å². The lowest BCUT2D eigenvalue weighted by Crippen LogP contribution is -2.29. The van der Waals surface area contributed by atoms with Crippen molar-refractivity contribution in [3.05, 3.63) is 66.0 Å². The fraction of sp³-hybridized carbons (Fsp3) is 0.417. The summed E-state index contributed by atoms with van der Waals surface area (Å²) in [6, 6.07) is 18.3. The van der Waals surface area contributed by atoms with Crippen LogP contribution in [0.3, 0.4) is 0 Å². The summed E-state index contributed by atoms with van der Waals surface area (Å²) in [6.45, 7) is 5.20. The minimum atomic E-state index is -0.109. The zero-order chi connectivity index (χ0) is 19.8. The highest BCUT2D eigenvalue weighted by atomic mass is 16.1. The van der Waals surface area contributed by atoms with Gasteiger partial charge in [0, 0.05) is 13.0 Å². The van der Waals surface area contributed by atoms with Crippen molar-refractivity contribution in [1.82, 2.24) is 14.9 Å². The van der Waals surface area contributed by atoms with E-state index < -0.39 is 0 Å². The fourth-order valence-corrected chi connectivity index (χ4v) is 3.64.